The van der Waals surface area contributed by atoms with Crippen LogP contribution in [0.25, 0.3) is 0 Å². The zero-order valence-corrected chi connectivity index (χ0v) is 24.2. The van der Waals surface area contributed by atoms with Crippen molar-refractivity contribution in [2.24, 2.45) is 0 Å². The second-order valence-electron chi connectivity index (χ2n) is 10.7. The Kier molecular flexibility index (Phi) is 7.73. The van der Waals surface area contributed by atoms with Gasteiger partial charge < -0.3 is 29.7 Å². The third-order valence-electron chi connectivity index (χ3n) is 8.18. The standard InChI is InChI=1S/C27H39N7O4S/c1-19-27(35)32(4)23-7-9-25(29-26(23)34(19)20-10-12-30(2)13-11-20)28-22-18-21(6-8-24(22)38-5)39(36,37)33-16-14-31(3)15-17-33/h6-9,18-20H,10-17H2,1-5H3,(H,28,29)/t19-/m1/s1. The number of likely N-dealkylation sites (tertiary alicyclic amines) is 1. The van der Waals surface area contributed by atoms with Crippen molar-refractivity contribution in [3.05, 3.63) is 30.3 Å². The van der Waals surface area contributed by atoms with Crippen LogP contribution in [0.15, 0.2) is 35.2 Å². The van der Waals surface area contributed by atoms with Gasteiger partial charge in [0.2, 0.25) is 15.9 Å². The molecule has 39 heavy (non-hydrogen) atoms. The third-order valence-corrected chi connectivity index (χ3v) is 10.1. The van der Waals surface area contributed by atoms with E-state index in [4.69, 9.17) is 9.72 Å². The minimum atomic E-state index is -3.65. The highest BCUT2D eigenvalue weighted by Crippen LogP contribution is 2.39. The van der Waals surface area contributed by atoms with Gasteiger partial charge in [0.15, 0.2) is 5.82 Å². The number of anilines is 4. The van der Waals surface area contributed by atoms with Gasteiger partial charge in [0.1, 0.15) is 17.6 Å². The molecule has 1 atom stereocenters. The molecule has 12 heteroatoms. The Balaban J connectivity index is 1.47. The fraction of sp³-hybridized carbons (Fsp3) is 0.556. The highest BCUT2D eigenvalue weighted by molar-refractivity contribution is 7.89. The van der Waals surface area contributed by atoms with Crippen LogP contribution < -0.4 is 19.9 Å². The summed E-state index contributed by atoms with van der Waals surface area (Å²) in [6.45, 7) is 6.19. The van der Waals surface area contributed by atoms with Crippen molar-refractivity contribution >= 4 is 38.9 Å². The maximum Gasteiger partial charge on any atom is 0.249 e. The molecule has 0 saturated carbocycles. The molecule has 0 bridgehead atoms. The number of aromatic nitrogens is 1. The molecular weight excluding hydrogens is 518 g/mol. The molecule has 2 saturated heterocycles. The molecule has 11 nitrogen and oxygen atoms in total. The molecule has 1 aromatic carbocycles. The van der Waals surface area contributed by atoms with Crippen molar-refractivity contribution in [2.75, 3.05) is 82.6 Å². The summed E-state index contributed by atoms with van der Waals surface area (Å²) >= 11 is 0. The number of nitrogens with zero attached hydrogens (tertiary/aromatic N) is 6. The SMILES string of the molecule is COc1ccc(S(=O)(=O)N2CCN(C)CC2)cc1Nc1ccc2c(n1)N(C1CCN(C)CC1)[C@H](C)C(=O)N2C. The molecule has 4 heterocycles. The number of amides is 1. The normalized spacial score (nSPS) is 22.2. The van der Waals surface area contributed by atoms with Gasteiger partial charge >= 0.3 is 0 Å². The highest BCUT2D eigenvalue weighted by Gasteiger charge is 2.39. The number of likely N-dealkylation sites (N-methyl/N-ethyl adjacent to an activating group) is 2. The molecule has 0 aliphatic carbocycles. The summed E-state index contributed by atoms with van der Waals surface area (Å²) in [6, 6.07) is 8.46. The number of rotatable bonds is 6. The maximum atomic E-state index is 13.4. The second kappa shape index (κ2) is 10.9. The van der Waals surface area contributed by atoms with Crippen LogP contribution in [0.5, 0.6) is 5.75 Å². The average Bonchev–Trinajstić information content (AvgIpc) is 2.93. The number of benzene rings is 1. The predicted octanol–water partition coefficient (Wildman–Crippen LogP) is 2.04. The Labute approximate surface area is 231 Å². The van der Waals surface area contributed by atoms with Gasteiger partial charge in [-0.1, -0.05) is 0 Å². The molecule has 0 spiro atoms. The number of hydrogen-bond acceptors (Lipinski definition) is 9. The van der Waals surface area contributed by atoms with E-state index in [1.54, 1.807) is 37.3 Å². The number of piperazine rings is 1. The first-order chi connectivity index (χ1) is 18.6. The number of nitrogens with one attached hydrogen (secondary N) is 1. The van der Waals surface area contributed by atoms with E-state index in [0.29, 0.717) is 43.4 Å². The zero-order valence-electron chi connectivity index (χ0n) is 23.4. The summed E-state index contributed by atoms with van der Waals surface area (Å²) in [5, 5.41) is 3.30. The first-order valence-corrected chi connectivity index (χ1v) is 14.9. The number of carbonyl (C=O) groups is 1. The molecular formula is C27H39N7O4S. The van der Waals surface area contributed by atoms with E-state index in [9.17, 15) is 13.2 Å². The zero-order chi connectivity index (χ0) is 27.9. The minimum absolute atomic E-state index is 0.0485. The van der Waals surface area contributed by atoms with E-state index in [2.05, 4.69) is 27.1 Å². The van der Waals surface area contributed by atoms with Crippen LogP contribution in [0.4, 0.5) is 23.0 Å². The molecule has 0 unspecified atom stereocenters. The number of pyridine rings is 1. The Morgan fingerprint density at radius 2 is 1.62 bits per heavy atom. The predicted molar refractivity (Wildman–Crippen MR) is 153 cm³/mol. The molecule has 5 rings (SSSR count). The monoisotopic (exact) mass is 557 g/mol. The van der Waals surface area contributed by atoms with Gasteiger partial charge in [-0.2, -0.15) is 4.31 Å². The molecule has 3 aliphatic rings. The van der Waals surface area contributed by atoms with Gasteiger partial charge in [-0.15, -0.1) is 0 Å². The smallest absolute Gasteiger partial charge is 0.249 e. The second-order valence-corrected chi connectivity index (χ2v) is 12.7. The third kappa shape index (κ3) is 5.30. The average molecular weight is 558 g/mol. The van der Waals surface area contributed by atoms with Crippen LogP contribution in [0, 0.1) is 0 Å². The van der Waals surface area contributed by atoms with E-state index in [1.165, 1.54) is 4.31 Å². The summed E-state index contributed by atoms with van der Waals surface area (Å²) in [6.07, 6.45) is 1.91. The van der Waals surface area contributed by atoms with Gasteiger partial charge in [-0.05, 0) is 77.3 Å². The van der Waals surface area contributed by atoms with Gasteiger partial charge in [0.25, 0.3) is 0 Å². The van der Waals surface area contributed by atoms with Crippen LogP contribution in [-0.4, -0.2) is 113 Å². The lowest BCUT2D eigenvalue weighted by molar-refractivity contribution is -0.119. The lowest BCUT2D eigenvalue weighted by atomic mass is 9.99. The summed E-state index contributed by atoms with van der Waals surface area (Å²) < 4.78 is 33.9. The Morgan fingerprint density at radius 3 is 2.28 bits per heavy atom. The quantitative estimate of drug-likeness (QED) is 0.572. The molecule has 3 aliphatic heterocycles. The fourth-order valence-corrected chi connectivity index (χ4v) is 7.14. The number of piperidine rings is 1. The Morgan fingerprint density at radius 1 is 0.949 bits per heavy atom. The number of fused-ring (bicyclic) bond motifs is 1. The molecule has 1 amide bonds. The van der Waals surface area contributed by atoms with E-state index in [1.807, 2.05) is 26.1 Å². The number of methoxy groups -OCH3 is 1. The fourth-order valence-electron chi connectivity index (χ4n) is 5.69. The Hall–Kier alpha value is -2.93. The highest BCUT2D eigenvalue weighted by atomic mass is 32.2. The molecule has 0 radical (unpaired) electrons. The molecule has 1 aromatic heterocycles. The van der Waals surface area contributed by atoms with Gasteiger partial charge in [0, 0.05) is 39.3 Å². The molecule has 1 N–H and O–H groups in total. The topological polar surface area (TPSA) is 102 Å². The van der Waals surface area contributed by atoms with Gasteiger partial charge in [-0.25, -0.2) is 13.4 Å². The molecule has 212 valence electrons. The van der Waals surface area contributed by atoms with Crippen molar-refractivity contribution in [1.82, 2.24) is 19.1 Å². The van der Waals surface area contributed by atoms with Gasteiger partial charge in [0.05, 0.1) is 23.4 Å². The number of hydrogen-bond donors (Lipinski definition) is 1. The van der Waals surface area contributed by atoms with Crippen molar-refractivity contribution < 1.29 is 17.9 Å². The number of ether oxygens (including phenoxy) is 1. The van der Waals surface area contributed by atoms with Crippen molar-refractivity contribution in [3.8, 4) is 5.75 Å². The molecule has 2 aromatic rings. The largest absolute Gasteiger partial charge is 0.495 e. The first kappa shape index (κ1) is 27.6. The first-order valence-electron chi connectivity index (χ1n) is 13.5. The summed E-state index contributed by atoms with van der Waals surface area (Å²) in [4.78, 5) is 26.5. The van der Waals surface area contributed by atoms with Crippen LogP contribution in [-0.2, 0) is 14.8 Å². The van der Waals surface area contributed by atoms with Crippen molar-refractivity contribution in [1.29, 1.82) is 0 Å². The van der Waals surface area contributed by atoms with Crippen LogP contribution in [0.3, 0.4) is 0 Å². The Bertz CT molecular complexity index is 1320. The van der Waals surface area contributed by atoms with E-state index in [-0.39, 0.29) is 22.9 Å². The number of sulfonamides is 1. The van der Waals surface area contributed by atoms with E-state index < -0.39 is 10.0 Å². The van der Waals surface area contributed by atoms with Crippen molar-refractivity contribution in [3.63, 3.8) is 0 Å². The van der Waals surface area contributed by atoms with Gasteiger partial charge in [-0.3, -0.25) is 4.79 Å². The lowest BCUT2D eigenvalue weighted by Crippen LogP contribution is -2.57. The molecule has 2 fully saturated rings. The summed E-state index contributed by atoms with van der Waals surface area (Å²) in [5.41, 5.74) is 1.28. The summed E-state index contributed by atoms with van der Waals surface area (Å²) in [5.74, 6) is 1.87. The van der Waals surface area contributed by atoms with E-state index >= 15 is 0 Å². The van der Waals surface area contributed by atoms with Crippen LogP contribution >= 0.6 is 0 Å². The van der Waals surface area contributed by atoms with E-state index in [0.717, 1.165) is 37.4 Å². The maximum absolute atomic E-state index is 13.4. The van der Waals surface area contributed by atoms with Crippen LogP contribution in [0.1, 0.15) is 19.8 Å². The lowest BCUT2D eigenvalue weighted by Gasteiger charge is -2.45. The minimum Gasteiger partial charge on any atom is -0.495 e. The van der Waals surface area contributed by atoms with Crippen LogP contribution in [0.2, 0.25) is 0 Å². The summed E-state index contributed by atoms with van der Waals surface area (Å²) in [7, 11) is 3.80. The number of carbonyl (C=O) groups excluding carboxylic acids is 1. The van der Waals surface area contributed by atoms with Crippen molar-refractivity contribution in [2.45, 2.75) is 36.7 Å².